The molecule has 1 aliphatic heterocycles. The van der Waals surface area contributed by atoms with E-state index in [9.17, 15) is 13.2 Å². The molecule has 0 unspecified atom stereocenters. The summed E-state index contributed by atoms with van der Waals surface area (Å²) in [5.41, 5.74) is -0.641. The second-order valence-electron chi connectivity index (χ2n) is 4.85. The standard InChI is InChI=1S/C14H18F3NO/c15-14(16,17)12-1-3-13(4-2-12)19-10-7-11-5-8-18-9-6-11/h1-4,11,18H,5-10H2. The molecule has 5 heteroatoms. The van der Waals surface area contributed by atoms with Crippen molar-refractivity contribution in [1.29, 1.82) is 0 Å². The number of rotatable bonds is 4. The van der Waals surface area contributed by atoms with Crippen molar-refractivity contribution in [2.75, 3.05) is 19.7 Å². The minimum atomic E-state index is -4.28. The molecular formula is C14H18F3NO. The zero-order valence-electron chi connectivity index (χ0n) is 10.7. The Morgan fingerprint density at radius 3 is 2.32 bits per heavy atom. The Kier molecular flexibility index (Phi) is 4.69. The van der Waals surface area contributed by atoms with Crippen molar-refractivity contribution < 1.29 is 17.9 Å². The van der Waals surface area contributed by atoms with Gasteiger partial charge in [-0.2, -0.15) is 13.2 Å². The van der Waals surface area contributed by atoms with E-state index < -0.39 is 11.7 Å². The monoisotopic (exact) mass is 273 g/mol. The molecule has 0 aromatic heterocycles. The molecule has 0 radical (unpaired) electrons. The number of halogens is 3. The fourth-order valence-electron chi connectivity index (χ4n) is 2.25. The molecule has 1 aliphatic rings. The van der Waals surface area contributed by atoms with E-state index in [1.807, 2.05) is 0 Å². The van der Waals surface area contributed by atoms with Crippen LogP contribution in [-0.2, 0) is 6.18 Å². The molecule has 106 valence electrons. The largest absolute Gasteiger partial charge is 0.494 e. The number of alkyl halides is 3. The lowest BCUT2D eigenvalue weighted by Gasteiger charge is -2.22. The van der Waals surface area contributed by atoms with Crippen LogP contribution in [0.5, 0.6) is 5.75 Å². The third-order valence-corrected chi connectivity index (χ3v) is 3.44. The summed E-state index contributed by atoms with van der Waals surface area (Å²) in [4.78, 5) is 0. The molecule has 1 aromatic rings. The molecule has 2 rings (SSSR count). The lowest BCUT2D eigenvalue weighted by molar-refractivity contribution is -0.137. The van der Waals surface area contributed by atoms with E-state index in [4.69, 9.17) is 4.74 Å². The Bertz CT molecular complexity index is 383. The molecule has 0 amide bonds. The number of benzene rings is 1. The summed E-state index contributed by atoms with van der Waals surface area (Å²) in [5, 5.41) is 3.30. The van der Waals surface area contributed by atoms with E-state index in [2.05, 4.69) is 5.32 Å². The van der Waals surface area contributed by atoms with Gasteiger partial charge in [0.05, 0.1) is 12.2 Å². The van der Waals surface area contributed by atoms with Crippen molar-refractivity contribution in [3.05, 3.63) is 29.8 Å². The quantitative estimate of drug-likeness (QED) is 0.907. The molecular weight excluding hydrogens is 255 g/mol. The SMILES string of the molecule is FC(F)(F)c1ccc(OCCC2CCNCC2)cc1. The van der Waals surface area contributed by atoms with Gasteiger partial charge in [0.2, 0.25) is 0 Å². The highest BCUT2D eigenvalue weighted by molar-refractivity contribution is 5.28. The second kappa shape index (κ2) is 6.28. The molecule has 19 heavy (non-hydrogen) atoms. The molecule has 1 heterocycles. The molecule has 1 N–H and O–H groups in total. The van der Waals surface area contributed by atoms with Crippen LogP contribution in [0.4, 0.5) is 13.2 Å². The van der Waals surface area contributed by atoms with Gasteiger partial charge in [0.25, 0.3) is 0 Å². The number of piperidine rings is 1. The fourth-order valence-corrected chi connectivity index (χ4v) is 2.25. The molecule has 1 saturated heterocycles. The van der Waals surface area contributed by atoms with Crippen LogP contribution in [0.15, 0.2) is 24.3 Å². The van der Waals surface area contributed by atoms with Crippen LogP contribution in [0.3, 0.4) is 0 Å². The van der Waals surface area contributed by atoms with E-state index in [-0.39, 0.29) is 0 Å². The lowest BCUT2D eigenvalue weighted by atomic mass is 9.95. The predicted molar refractivity (Wildman–Crippen MR) is 67.1 cm³/mol. The Morgan fingerprint density at radius 1 is 1.11 bits per heavy atom. The van der Waals surface area contributed by atoms with Gasteiger partial charge in [-0.15, -0.1) is 0 Å². The first kappa shape index (κ1) is 14.2. The van der Waals surface area contributed by atoms with Crippen LogP contribution in [-0.4, -0.2) is 19.7 Å². The average molecular weight is 273 g/mol. The summed E-state index contributed by atoms with van der Waals surface area (Å²) in [6.45, 7) is 2.66. The lowest BCUT2D eigenvalue weighted by Crippen LogP contribution is -2.28. The minimum absolute atomic E-state index is 0.502. The first-order valence-electron chi connectivity index (χ1n) is 6.56. The third-order valence-electron chi connectivity index (χ3n) is 3.44. The van der Waals surface area contributed by atoms with Crippen LogP contribution in [0, 0.1) is 5.92 Å². The fraction of sp³-hybridized carbons (Fsp3) is 0.571. The predicted octanol–water partition coefficient (Wildman–Crippen LogP) is 3.47. The average Bonchev–Trinajstić information content (AvgIpc) is 2.39. The number of hydrogen-bond donors (Lipinski definition) is 1. The molecule has 0 spiro atoms. The smallest absolute Gasteiger partial charge is 0.416 e. The van der Waals surface area contributed by atoms with Crippen LogP contribution < -0.4 is 10.1 Å². The molecule has 0 atom stereocenters. The third kappa shape index (κ3) is 4.42. The van der Waals surface area contributed by atoms with E-state index in [0.717, 1.165) is 44.5 Å². The zero-order valence-corrected chi connectivity index (χ0v) is 10.7. The Labute approximate surface area is 111 Å². The zero-order chi connectivity index (χ0) is 13.7. The van der Waals surface area contributed by atoms with Gasteiger partial charge in [0.1, 0.15) is 5.75 Å². The molecule has 0 bridgehead atoms. The van der Waals surface area contributed by atoms with Crippen molar-refractivity contribution >= 4 is 0 Å². The number of nitrogens with one attached hydrogen (secondary N) is 1. The van der Waals surface area contributed by atoms with Crippen LogP contribution >= 0.6 is 0 Å². The summed E-state index contributed by atoms with van der Waals surface area (Å²) in [5.74, 6) is 1.16. The van der Waals surface area contributed by atoms with Crippen LogP contribution in [0.1, 0.15) is 24.8 Å². The summed E-state index contributed by atoms with van der Waals surface area (Å²) in [6.07, 6.45) is -1.02. The molecule has 2 nitrogen and oxygen atoms in total. The maximum absolute atomic E-state index is 12.4. The summed E-state index contributed by atoms with van der Waals surface area (Å²) >= 11 is 0. The molecule has 0 saturated carbocycles. The second-order valence-corrected chi connectivity index (χ2v) is 4.85. The Balaban J connectivity index is 1.76. The summed E-state index contributed by atoms with van der Waals surface area (Å²) < 4.78 is 42.6. The Morgan fingerprint density at radius 2 is 1.74 bits per heavy atom. The maximum Gasteiger partial charge on any atom is 0.416 e. The highest BCUT2D eigenvalue weighted by atomic mass is 19.4. The molecule has 0 aliphatic carbocycles. The molecule has 1 aromatic carbocycles. The summed E-state index contributed by atoms with van der Waals surface area (Å²) in [7, 11) is 0. The molecule has 1 fully saturated rings. The van der Waals surface area contributed by atoms with Gasteiger partial charge in [-0.25, -0.2) is 0 Å². The van der Waals surface area contributed by atoms with Crippen LogP contribution in [0.2, 0.25) is 0 Å². The Hall–Kier alpha value is -1.23. The van der Waals surface area contributed by atoms with E-state index in [1.165, 1.54) is 12.1 Å². The maximum atomic E-state index is 12.4. The van der Waals surface area contributed by atoms with Gasteiger partial charge >= 0.3 is 6.18 Å². The van der Waals surface area contributed by atoms with Crippen molar-refractivity contribution in [3.63, 3.8) is 0 Å². The van der Waals surface area contributed by atoms with Crippen molar-refractivity contribution in [2.24, 2.45) is 5.92 Å². The number of ether oxygens (including phenoxy) is 1. The first-order chi connectivity index (χ1) is 9.05. The van der Waals surface area contributed by atoms with Gasteiger partial charge in [-0.1, -0.05) is 0 Å². The van der Waals surface area contributed by atoms with E-state index in [1.54, 1.807) is 0 Å². The van der Waals surface area contributed by atoms with Crippen LogP contribution in [0.25, 0.3) is 0 Å². The first-order valence-corrected chi connectivity index (χ1v) is 6.56. The normalized spacial score (nSPS) is 17.4. The highest BCUT2D eigenvalue weighted by Gasteiger charge is 2.30. The van der Waals surface area contributed by atoms with Gasteiger partial charge in [-0.05, 0) is 62.5 Å². The van der Waals surface area contributed by atoms with E-state index in [0.29, 0.717) is 18.3 Å². The summed E-state index contributed by atoms with van der Waals surface area (Å²) in [6, 6.07) is 4.87. The minimum Gasteiger partial charge on any atom is -0.494 e. The topological polar surface area (TPSA) is 21.3 Å². The number of hydrogen-bond acceptors (Lipinski definition) is 2. The van der Waals surface area contributed by atoms with Crippen molar-refractivity contribution in [1.82, 2.24) is 5.32 Å². The van der Waals surface area contributed by atoms with Gasteiger partial charge in [0, 0.05) is 0 Å². The van der Waals surface area contributed by atoms with Crippen molar-refractivity contribution in [3.8, 4) is 5.75 Å². The van der Waals surface area contributed by atoms with Gasteiger partial charge < -0.3 is 10.1 Å². The van der Waals surface area contributed by atoms with Gasteiger partial charge in [-0.3, -0.25) is 0 Å². The highest BCUT2D eigenvalue weighted by Crippen LogP contribution is 2.30. The van der Waals surface area contributed by atoms with E-state index >= 15 is 0 Å². The van der Waals surface area contributed by atoms with Gasteiger partial charge in [0.15, 0.2) is 0 Å². The van der Waals surface area contributed by atoms with Crippen molar-refractivity contribution in [2.45, 2.75) is 25.4 Å².